The molecule has 2 N–H and O–H groups in total. The molecule has 0 aromatic heterocycles. The highest BCUT2D eigenvalue weighted by atomic mass is 32.1. The van der Waals surface area contributed by atoms with Crippen LogP contribution in [0.4, 0.5) is 0 Å². The van der Waals surface area contributed by atoms with Crippen LogP contribution in [0.2, 0.25) is 0 Å². The van der Waals surface area contributed by atoms with Crippen LogP contribution in [0.15, 0.2) is 12.1 Å². The van der Waals surface area contributed by atoms with E-state index in [1.54, 1.807) is 0 Å². The van der Waals surface area contributed by atoms with Gasteiger partial charge in [0.2, 0.25) is 5.91 Å². The van der Waals surface area contributed by atoms with Gasteiger partial charge >= 0.3 is 0 Å². The monoisotopic (exact) mass is 395 g/mol. The maximum absolute atomic E-state index is 11.4. The van der Waals surface area contributed by atoms with E-state index in [1.165, 1.54) is 7.05 Å². The molecule has 0 heterocycles. The fourth-order valence-electron chi connectivity index (χ4n) is 3.11. The minimum absolute atomic E-state index is 0.0871. The van der Waals surface area contributed by atoms with Gasteiger partial charge in [-0.05, 0) is 40.4 Å². The number of rotatable bonds is 7. The molecule has 0 aliphatic heterocycles. The summed E-state index contributed by atoms with van der Waals surface area (Å²) in [4.78, 5) is 11.4. The van der Waals surface area contributed by atoms with Gasteiger partial charge in [0.15, 0.2) is 0 Å². The zero-order valence-electron chi connectivity index (χ0n) is 18.0. The van der Waals surface area contributed by atoms with E-state index < -0.39 is 0 Å². The van der Waals surface area contributed by atoms with Crippen molar-refractivity contribution in [1.29, 1.82) is 0 Å². The predicted octanol–water partition coefficient (Wildman–Crippen LogP) is 5.76. The van der Waals surface area contributed by atoms with Gasteiger partial charge in [-0.2, -0.15) is 12.6 Å². The highest BCUT2D eigenvalue weighted by Gasteiger charge is 2.27. The molecule has 0 saturated heterocycles. The lowest BCUT2D eigenvalue weighted by molar-refractivity contribution is -0.159. The Bertz CT molecular complexity index is 607. The zero-order chi connectivity index (χ0) is 21.0. The van der Waals surface area contributed by atoms with E-state index in [0.29, 0.717) is 17.2 Å². The summed E-state index contributed by atoms with van der Waals surface area (Å²) in [6.07, 6.45) is 3.93. The SMILES string of the molecule is CN(O)C(=O)CCCCCC(S)c1cc(C(C)(C)C)c(O)c(C(C)(C)C)c1. The minimum Gasteiger partial charge on any atom is -0.507 e. The van der Waals surface area contributed by atoms with Gasteiger partial charge in [-0.15, -0.1) is 0 Å². The number of carbonyl (C=O) groups is 1. The molecule has 4 nitrogen and oxygen atoms in total. The van der Waals surface area contributed by atoms with Crippen molar-refractivity contribution < 1.29 is 15.1 Å². The maximum Gasteiger partial charge on any atom is 0.245 e. The van der Waals surface area contributed by atoms with E-state index >= 15 is 0 Å². The Labute approximate surface area is 170 Å². The van der Waals surface area contributed by atoms with Crippen molar-refractivity contribution in [1.82, 2.24) is 5.06 Å². The molecule has 1 unspecified atom stereocenters. The number of phenols is 1. The lowest BCUT2D eigenvalue weighted by Crippen LogP contribution is -2.21. The Hall–Kier alpha value is -1.20. The summed E-state index contributed by atoms with van der Waals surface area (Å²) in [5.74, 6) is 0.145. The van der Waals surface area contributed by atoms with Gasteiger partial charge in [0.25, 0.3) is 0 Å². The van der Waals surface area contributed by atoms with Gasteiger partial charge in [0, 0.05) is 18.7 Å². The Balaban J connectivity index is 2.88. The van der Waals surface area contributed by atoms with Crippen molar-refractivity contribution in [3.05, 3.63) is 28.8 Å². The number of thiol groups is 1. The highest BCUT2D eigenvalue weighted by Crippen LogP contribution is 2.42. The molecular weight excluding hydrogens is 358 g/mol. The second kappa shape index (κ2) is 9.33. The largest absolute Gasteiger partial charge is 0.507 e. The quantitative estimate of drug-likeness (QED) is 0.238. The Morgan fingerprint density at radius 2 is 1.52 bits per heavy atom. The second-order valence-electron chi connectivity index (χ2n) is 9.50. The van der Waals surface area contributed by atoms with E-state index in [1.807, 2.05) is 0 Å². The molecule has 0 saturated carbocycles. The fourth-order valence-corrected chi connectivity index (χ4v) is 3.44. The fraction of sp³-hybridized carbons (Fsp3) is 0.682. The first-order valence-corrected chi connectivity index (χ1v) is 10.3. The van der Waals surface area contributed by atoms with Crippen LogP contribution in [0.5, 0.6) is 5.75 Å². The van der Waals surface area contributed by atoms with Crippen LogP contribution < -0.4 is 0 Å². The number of hydrogen-bond donors (Lipinski definition) is 3. The van der Waals surface area contributed by atoms with Crippen molar-refractivity contribution in [3.63, 3.8) is 0 Å². The summed E-state index contributed by atoms with van der Waals surface area (Å²) >= 11 is 4.82. The van der Waals surface area contributed by atoms with Gasteiger partial charge in [-0.1, -0.05) is 66.5 Å². The molecule has 1 atom stereocenters. The summed E-state index contributed by atoms with van der Waals surface area (Å²) < 4.78 is 0. The molecule has 1 rings (SSSR count). The first-order valence-electron chi connectivity index (χ1n) is 9.76. The summed E-state index contributed by atoms with van der Waals surface area (Å²) in [5, 5.41) is 20.6. The average molecular weight is 396 g/mol. The molecule has 0 radical (unpaired) electrons. The molecule has 0 aliphatic rings. The third kappa shape index (κ3) is 7.04. The van der Waals surface area contributed by atoms with Crippen LogP contribution >= 0.6 is 12.6 Å². The molecule has 5 heteroatoms. The van der Waals surface area contributed by atoms with E-state index in [2.05, 4.69) is 53.7 Å². The molecule has 0 bridgehead atoms. The molecule has 154 valence electrons. The van der Waals surface area contributed by atoms with Gasteiger partial charge in [0.05, 0.1) is 0 Å². The lowest BCUT2D eigenvalue weighted by Gasteiger charge is -2.29. The zero-order valence-corrected chi connectivity index (χ0v) is 18.9. The molecule has 0 spiro atoms. The molecule has 1 aromatic rings. The second-order valence-corrected chi connectivity index (χ2v) is 10.1. The van der Waals surface area contributed by atoms with Crippen LogP contribution in [0.25, 0.3) is 0 Å². The third-order valence-electron chi connectivity index (χ3n) is 4.86. The van der Waals surface area contributed by atoms with E-state index in [-0.39, 0.29) is 22.0 Å². The van der Waals surface area contributed by atoms with Crippen molar-refractivity contribution in [2.24, 2.45) is 0 Å². The maximum atomic E-state index is 11.4. The molecular formula is C22H37NO3S. The number of unbranched alkanes of at least 4 members (excludes halogenated alkanes) is 2. The van der Waals surface area contributed by atoms with E-state index in [0.717, 1.165) is 42.4 Å². The number of aromatic hydroxyl groups is 1. The normalized spacial score (nSPS) is 13.5. The number of carbonyl (C=O) groups excluding carboxylic acids is 1. The molecule has 0 fully saturated rings. The first-order chi connectivity index (χ1) is 12.2. The standard InChI is InChI=1S/C22H37NO3S/c1-21(2,3)16-13-15(14-17(20(16)25)22(4,5)6)18(27)11-9-8-10-12-19(24)23(7)26/h13-14,18,25-27H,8-12H2,1-7H3. The number of hydroxylamine groups is 2. The van der Waals surface area contributed by atoms with Gasteiger partial charge < -0.3 is 5.11 Å². The van der Waals surface area contributed by atoms with E-state index in [4.69, 9.17) is 17.8 Å². The van der Waals surface area contributed by atoms with Crippen LogP contribution in [0.1, 0.15) is 95.6 Å². The van der Waals surface area contributed by atoms with Crippen LogP contribution in [-0.4, -0.2) is 28.3 Å². The van der Waals surface area contributed by atoms with Gasteiger partial charge in [-0.25, -0.2) is 5.06 Å². The highest BCUT2D eigenvalue weighted by molar-refractivity contribution is 7.80. The first kappa shape index (κ1) is 23.8. The molecule has 1 amide bonds. The van der Waals surface area contributed by atoms with Crippen molar-refractivity contribution in [3.8, 4) is 5.75 Å². The number of phenolic OH excluding ortho intramolecular Hbond substituents is 1. The molecule has 1 aromatic carbocycles. The van der Waals surface area contributed by atoms with Gasteiger partial charge in [0.1, 0.15) is 5.75 Å². The number of benzene rings is 1. The summed E-state index contributed by atoms with van der Waals surface area (Å²) in [7, 11) is 1.36. The van der Waals surface area contributed by atoms with Gasteiger partial charge in [-0.3, -0.25) is 10.0 Å². The number of nitrogens with zero attached hydrogens (tertiary/aromatic N) is 1. The number of amides is 1. The Kier molecular flexibility index (Phi) is 8.24. The summed E-state index contributed by atoms with van der Waals surface area (Å²) in [5.41, 5.74) is 2.76. The smallest absolute Gasteiger partial charge is 0.245 e. The summed E-state index contributed by atoms with van der Waals surface area (Å²) in [6, 6.07) is 4.18. The van der Waals surface area contributed by atoms with E-state index in [9.17, 15) is 9.90 Å². The summed E-state index contributed by atoms with van der Waals surface area (Å²) in [6.45, 7) is 12.7. The minimum atomic E-state index is -0.249. The lowest BCUT2D eigenvalue weighted by atomic mass is 9.78. The van der Waals surface area contributed by atoms with Crippen molar-refractivity contribution in [2.45, 2.75) is 89.7 Å². The third-order valence-corrected chi connectivity index (χ3v) is 5.42. The topological polar surface area (TPSA) is 60.8 Å². The molecule has 27 heavy (non-hydrogen) atoms. The Morgan fingerprint density at radius 1 is 1.04 bits per heavy atom. The van der Waals surface area contributed by atoms with Crippen LogP contribution in [-0.2, 0) is 15.6 Å². The van der Waals surface area contributed by atoms with Crippen LogP contribution in [0.3, 0.4) is 0 Å². The predicted molar refractivity (Wildman–Crippen MR) is 115 cm³/mol. The molecule has 0 aliphatic carbocycles. The Morgan fingerprint density at radius 3 is 1.93 bits per heavy atom. The number of hydrogen-bond acceptors (Lipinski definition) is 4. The van der Waals surface area contributed by atoms with Crippen molar-refractivity contribution >= 4 is 18.5 Å². The van der Waals surface area contributed by atoms with Crippen LogP contribution in [0, 0.1) is 0 Å². The average Bonchev–Trinajstić information content (AvgIpc) is 2.51. The van der Waals surface area contributed by atoms with Crippen molar-refractivity contribution in [2.75, 3.05) is 7.05 Å².